The average molecular weight is 519 g/mol. The number of phenols is 1. The molecule has 0 bridgehead atoms. The van der Waals surface area contributed by atoms with Crippen LogP contribution in [0.2, 0.25) is 10.0 Å². The summed E-state index contributed by atoms with van der Waals surface area (Å²) in [6, 6.07) is 7.74. The normalized spacial score (nSPS) is 21.8. The molecule has 1 N–H and O–H groups in total. The zero-order chi connectivity index (χ0) is 25.1. The second-order valence-electron chi connectivity index (χ2n) is 8.81. The summed E-state index contributed by atoms with van der Waals surface area (Å²) >= 11 is 11.7. The Morgan fingerprint density at radius 3 is 2.18 bits per heavy atom. The highest BCUT2D eigenvalue weighted by Crippen LogP contribution is 2.51. The van der Waals surface area contributed by atoms with Gasteiger partial charge in [0.2, 0.25) is 5.91 Å². The summed E-state index contributed by atoms with van der Waals surface area (Å²) < 4.78 is 57.7. The first-order valence-electron chi connectivity index (χ1n) is 10.4. The number of alkyl halides is 4. The van der Waals surface area contributed by atoms with E-state index in [1.54, 1.807) is 13.8 Å². The Morgan fingerprint density at radius 2 is 1.68 bits per heavy atom. The van der Waals surface area contributed by atoms with Crippen molar-refractivity contribution in [3.63, 3.8) is 0 Å². The Kier molecular flexibility index (Phi) is 6.01. The number of oxime groups is 1. The number of carbonyl (C=O) groups excluding carboxylic acids is 1. The molecule has 0 radical (unpaired) electrons. The summed E-state index contributed by atoms with van der Waals surface area (Å²) in [6.45, 7) is 3.32. The number of hydrogen-bond acceptors (Lipinski definition) is 4. The van der Waals surface area contributed by atoms with E-state index in [1.165, 1.54) is 29.2 Å². The summed E-state index contributed by atoms with van der Waals surface area (Å²) in [6.07, 6.45) is -5.56. The average Bonchev–Trinajstić information content (AvgIpc) is 3.21. The van der Waals surface area contributed by atoms with Crippen molar-refractivity contribution in [2.45, 2.75) is 37.7 Å². The number of rotatable bonds is 4. The van der Waals surface area contributed by atoms with Crippen LogP contribution in [0.25, 0.3) is 0 Å². The third-order valence-electron chi connectivity index (χ3n) is 6.09. The monoisotopic (exact) mass is 518 g/mol. The lowest BCUT2D eigenvalue weighted by atomic mass is 9.84. The van der Waals surface area contributed by atoms with Gasteiger partial charge in [0.1, 0.15) is 0 Å². The zero-order valence-corrected chi connectivity index (χ0v) is 19.6. The molecule has 0 spiro atoms. The van der Waals surface area contributed by atoms with Crippen molar-refractivity contribution in [2.24, 2.45) is 11.1 Å². The summed E-state index contributed by atoms with van der Waals surface area (Å²) in [5, 5.41) is 12.7. The summed E-state index contributed by atoms with van der Waals surface area (Å²) in [4.78, 5) is 18.4. The molecule has 1 atom stereocenters. The van der Waals surface area contributed by atoms with Gasteiger partial charge >= 0.3 is 6.18 Å². The number of likely N-dealkylation sites (tertiary alicyclic amines) is 1. The maximum atomic E-state index is 15.2. The predicted octanol–water partition coefficient (Wildman–Crippen LogP) is 5.94. The van der Waals surface area contributed by atoms with Crippen molar-refractivity contribution >= 4 is 34.8 Å². The Labute approximate surface area is 202 Å². The van der Waals surface area contributed by atoms with Crippen LogP contribution in [-0.4, -0.2) is 40.9 Å². The molecule has 5 nitrogen and oxygen atoms in total. The molecule has 2 aliphatic rings. The molecule has 2 aromatic carbocycles. The molecule has 34 heavy (non-hydrogen) atoms. The Morgan fingerprint density at radius 1 is 1.12 bits per heavy atom. The number of amides is 1. The van der Waals surface area contributed by atoms with E-state index in [9.17, 15) is 23.1 Å². The fraction of sp³-hybridized carbons (Fsp3) is 0.391. The molecule has 1 saturated heterocycles. The molecule has 1 fully saturated rings. The van der Waals surface area contributed by atoms with E-state index >= 15 is 4.39 Å². The quantitative estimate of drug-likeness (QED) is 0.509. The standard InChI is InChI=1S/C23H20Cl2F4N2O3/c1-12(2)20(33)31-10-21(26,11-31)14-5-3-13(4-6-14)18-9-22(34-30-18,23(27,28)29)15-7-16(24)19(32)17(25)8-15/h3-8,12,32H,9-11H2,1-2H3. The van der Waals surface area contributed by atoms with Gasteiger partial charge in [-0.25, -0.2) is 4.39 Å². The highest BCUT2D eigenvalue weighted by atomic mass is 35.5. The van der Waals surface area contributed by atoms with Gasteiger partial charge in [0.15, 0.2) is 11.4 Å². The van der Waals surface area contributed by atoms with Gasteiger partial charge in [0.05, 0.1) is 28.8 Å². The van der Waals surface area contributed by atoms with E-state index in [0.29, 0.717) is 11.1 Å². The summed E-state index contributed by atoms with van der Waals surface area (Å²) in [7, 11) is 0. The molecule has 0 aliphatic carbocycles. The minimum atomic E-state index is -4.89. The number of phenolic OH excluding ortho intramolecular Hbond substituents is 1. The largest absolute Gasteiger partial charge is 0.505 e. The van der Waals surface area contributed by atoms with Crippen molar-refractivity contribution < 1.29 is 32.3 Å². The summed E-state index contributed by atoms with van der Waals surface area (Å²) in [5.74, 6) is -0.913. The zero-order valence-electron chi connectivity index (χ0n) is 18.1. The van der Waals surface area contributed by atoms with Crippen molar-refractivity contribution in [1.29, 1.82) is 0 Å². The second-order valence-corrected chi connectivity index (χ2v) is 9.63. The second kappa shape index (κ2) is 8.30. The van der Waals surface area contributed by atoms with Crippen LogP contribution in [0.4, 0.5) is 17.6 Å². The minimum Gasteiger partial charge on any atom is -0.505 e. The topological polar surface area (TPSA) is 62.1 Å². The van der Waals surface area contributed by atoms with Crippen LogP contribution in [0, 0.1) is 5.92 Å². The Balaban J connectivity index is 1.56. The van der Waals surface area contributed by atoms with Crippen LogP contribution in [0.5, 0.6) is 5.75 Å². The third kappa shape index (κ3) is 3.98. The van der Waals surface area contributed by atoms with Gasteiger partial charge in [0.25, 0.3) is 5.60 Å². The highest BCUT2D eigenvalue weighted by molar-refractivity contribution is 6.37. The Hall–Kier alpha value is -2.52. The first-order valence-corrected chi connectivity index (χ1v) is 11.1. The fourth-order valence-electron chi connectivity index (χ4n) is 4.08. The van der Waals surface area contributed by atoms with Gasteiger partial charge in [-0.3, -0.25) is 4.79 Å². The van der Waals surface area contributed by atoms with Crippen LogP contribution in [-0.2, 0) is 20.9 Å². The molecular formula is C23H20Cl2F4N2O3. The molecule has 4 rings (SSSR count). The van der Waals surface area contributed by atoms with Crippen molar-refractivity contribution in [1.82, 2.24) is 4.90 Å². The van der Waals surface area contributed by atoms with Crippen molar-refractivity contribution in [2.75, 3.05) is 13.1 Å². The van der Waals surface area contributed by atoms with Crippen LogP contribution >= 0.6 is 23.2 Å². The van der Waals surface area contributed by atoms with Crippen LogP contribution in [0.3, 0.4) is 0 Å². The molecule has 1 amide bonds. The van der Waals surface area contributed by atoms with Gasteiger partial charge in [0, 0.05) is 17.9 Å². The minimum absolute atomic E-state index is 0.00215. The Bertz CT molecular complexity index is 1140. The van der Waals surface area contributed by atoms with Gasteiger partial charge in [-0.15, -0.1) is 0 Å². The molecule has 0 aromatic heterocycles. The van der Waals surface area contributed by atoms with Crippen LogP contribution < -0.4 is 0 Å². The predicted molar refractivity (Wildman–Crippen MR) is 119 cm³/mol. The van der Waals surface area contributed by atoms with Crippen LogP contribution in [0.15, 0.2) is 41.6 Å². The van der Waals surface area contributed by atoms with Gasteiger partial charge < -0.3 is 14.8 Å². The van der Waals surface area contributed by atoms with Gasteiger partial charge in [-0.05, 0) is 23.3 Å². The first kappa shape index (κ1) is 24.6. The van der Waals surface area contributed by atoms with E-state index in [4.69, 9.17) is 28.0 Å². The van der Waals surface area contributed by atoms with Crippen molar-refractivity contribution in [3.05, 3.63) is 63.1 Å². The van der Waals surface area contributed by atoms with Gasteiger partial charge in [-0.2, -0.15) is 13.2 Å². The number of hydrogen-bond donors (Lipinski definition) is 1. The SMILES string of the molecule is CC(C)C(=O)N1CC(F)(c2ccc(C3=NOC(c4cc(Cl)c(O)c(Cl)c4)(C(F)(F)F)C3)cc2)C1. The lowest BCUT2D eigenvalue weighted by Crippen LogP contribution is -2.59. The first-order chi connectivity index (χ1) is 15.8. The molecule has 0 saturated carbocycles. The highest BCUT2D eigenvalue weighted by Gasteiger charge is 2.62. The number of aromatic hydroxyl groups is 1. The van der Waals surface area contributed by atoms with E-state index in [2.05, 4.69) is 5.16 Å². The number of carbonyl (C=O) groups is 1. The number of nitrogens with zero attached hydrogens (tertiary/aromatic N) is 2. The lowest BCUT2D eigenvalue weighted by Gasteiger charge is -2.45. The fourth-order valence-corrected chi connectivity index (χ4v) is 4.57. The maximum Gasteiger partial charge on any atom is 0.435 e. The third-order valence-corrected chi connectivity index (χ3v) is 6.67. The maximum absolute atomic E-state index is 15.2. The molecule has 2 heterocycles. The van der Waals surface area contributed by atoms with E-state index in [0.717, 1.165) is 12.1 Å². The smallest absolute Gasteiger partial charge is 0.435 e. The number of benzene rings is 2. The molecule has 2 aliphatic heterocycles. The molecular weight excluding hydrogens is 499 g/mol. The molecule has 11 heteroatoms. The summed E-state index contributed by atoms with van der Waals surface area (Å²) in [5.41, 5.74) is -4.33. The number of halogens is 6. The van der Waals surface area contributed by atoms with E-state index in [1.807, 2.05) is 0 Å². The molecule has 2 aromatic rings. The van der Waals surface area contributed by atoms with E-state index in [-0.39, 0.29) is 40.7 Å². The lowest BCUT2D eigenvalue weighted by molar-refractivity contribution is -0.275. The van der Waals surface area contributed by atoms with Crippen LogP contribution in [0.1, 0.15) is 37.0 Å². The van der Waals surface area contributed by atoms with Crippen molar-refractivity contribution in [3.8, 4) is 5.75 Å². The molecule has 182 valence electrons. The molecule has 1 unspecified atom stereocenters. The van der Waals surface area contributed by atoms with Gasteiger partial charge in [-0.1, -0.05) is 66.5 Å². The van der Waals surface area contributed by atoms with E-state index < -0.39 is 35.2 Å².